The van der Waals surface area contributed by atoms with Gasteiger partial charge in [0.05, 0.1) is 23.5 Å². The topological polar surface area (TPSA) is 112 Å². The highest BCUT2D eigenvalue weighted by Crippen LogP contribution is 2.27. The maximum Gasteiger partial charge on any atom is 0.323 e. The first-order valence-corrected chi connectivity index (χ1v) is 11.9. The number of aryl methyl sites for hydroxylation is 1. The van der Waals surface area contributed by atoms with Gasteiger partial charge in [-0.2, -0.15) is 0 Å². The summed E-state index contributed by atoms with van der Waals surface area (Å²) < 4.78 is 5.31. The Morgan fingerprint density at radius 2 is 1.61 bits per heavy atom. The fourth-order valence-electron chi connectivity index (χ4n) is 3.95. The number of nitrogens with zero attached hydrogens (tertiary/aromatic N) is 2. The lowest BCUT2D eigenvalue weighted by atomic mass is 10.2. The summed E-state index contributed by atoms with van der Waals surface area (Å²) in [7, 11) is 1.56. The summed E-state index contributed by atoms with van der Waals surface area (Å²) in [6.07, 6.45) is 0. The van der Waals surface area contributed by atoms with E-state index in [-0.39, 0.29) is 12.1 Å². The molecule has 0 aliphatic carbocycles. The Bertz CT molecular complexity index is 1240. The average molecular weight is 509 g/mol. The Morgan fingerprint density at radius 3 is 2.28 bits per heavy atom. The zero-order chi connectivity index (χ0) is 25.7. The van der Waals surface area contributed by atoms with Crippen molar-refractivity contribution in [1.29, 1.82) is 0 Å². The molecule has 36 heavy (non-hydrogen) atoms. The van der Waals surface area contributed by atoms with Gasteiger partial charge < -0.3 is 36.2 Å². The number of carbonyl (C=O) groups is 2. The number of amides is 4. The standard InChI is InChI=1S/C26H29ClN6O3/c1-17-3-10-24(36-2)23(15-17)30-25(34)29-19-5-7-20(8-6-19)32-11-13-33(14-12-32)26(35)31-22-9-4-18(28)16-21(22)27/h3-10,15-16H,11-14,28H2,1-2H3,(H,31,35)(H2,29,30,34). The predicted molar refractivity (Wildman–Crippen MR) is 145 cm³/mol. The van der Waals surface area contributed by atoms with E-state index < -0.39 is 0 Å². The molecule has 9 nitrogen and oxygen atoms in total. The van der Waals surface area contributed by atoms with E-state index in [0.29, 0.717) is 59.7 Å². The summed E-state index contributed by atoms with van der Waals surface area (Å²) >= 11 is 6.16. The summed E-state index contributed by atoms with van der Waals surface area (Å²) in [6, 6.07) is 17.6. The number of ether oxygens (including phenoxy) is 1. The molecular weight excluding hydrogens is 480 g/mol. The quantitative estimate of drug-likeness (QED) is 0.352. The molecule has 3 aromatic carbocycles. The highest BCUT2D eigenvalue weighted by atomic mass is 35.5. The van der Waals surface area contributed by atoms with Crippen molar-refractivity contribution in [3.8, 4) is 5.75 Å². The van der Waals surface area contributed by atoms with Gasteiger partial charge in [-0.25, -0.2) is 9.59 Å². The second kappa shape index (κ2) is 11.1. The second-order valence-corrected chi connectivity index (χ2v) is 8.88. The van der Waals surface area contributed by atoms with Gasteiger partial charge in [-0.1, -0.05) is 17.7 Å². The fraction of sp³-hybridized carbons (Fsp3) is 0.231. The molecule has 1 saturated heterocycles. The van der Waals surface area contributed by atoms with E-state index >= 15 is 0 Å². The first-order chi connectivity index (χ1) is 17.3. The number of nitrogen functional groups attached to an aromatic ring is 1. The number of rotatable bonds is 5. The molecule has 0 radical (unpaired) electrons. The van der Waals surface area contributed by atoms with Crippen LogP contribution in [-0.4, -0.2) is 50.3 Å². The minimum Gasteiger partial charge on any atom is -0.495 e. The van der Waals surface area contributed by atoms with Gasteiger partial charge >= 0.3 is 12.1 Å². The second-order valence-electron chi connectivity index (χ2n) is 8.47. The monoisotopic (exact) mass is 508 g/mol. The largest absolute Gasteiger partial charge is 0.495 e. The lowest BCUT2D eigenvalue weighted by molar-refractivity contribution is 0.208. The van der Waals surface area contributed by atoms with Gasteiger partial charge in [0.15, 0.2) is 0 Å². The molecule has 1 aliphatic heterocycles. The van der Waals surface area contributed by atoms with Gasteiger partial charge in [0, 0.05) is 43.2 Å². The van der Waals surface area contributed by atoms with Crippen LogP contribution in [0.15, 0.2) is 60.7 Å². The smallest absolute Gasteiger partial charge is 0.323 e. The van der Waals surface area contributed by atoms with Gasteiger partial charge in [0.25, 0.3) is 0 Å². The molecule has 0 unspecified atom stereocenters. The number of urea groups is 2. The van der Waals surface area contributed by atoms with Crippen molar-refractivity contribution in [3.05, 3.63) is 71.2 Å². The number of hydrogen-bond acceptors (Lipinski definition) is 5. The van der Waals surface area contributed by atoms with Crippen molar-refractivity contribution in [1.82, 2.24) is 4.90 Å². The number of benzene rings is 3. The van der Waals surface area contributed by atoms with E-state index in [1.165, 1.54) is 0 Å². The molecule has 10 heteroatoms. The van der Waals surface area contributed by atoms with E-state index in [1.807, 2.05) is 49.4 Å². The highest BCUT2D eigenvalue weighted by molar-refractivity contribution is 6.34. The minimum absolute atomic E-state index is 0.197. The maximum absolute atomic E-state index is 12.6. The molecule has 0 saturated carbocycles. The van der Waals surface area contributed by atoms with Crippen molar-refractivity contribution >= 4 is 52.1 Å². The Hall–Kier alpha value is -4.11. The Balaban J connectivity index is 1.28. The van der Waals surface area contributed by atoms with Crippen LogP contribution in [0.1, 0.15) is 5.56 Å². The fourth-order valence-corrected chi connectivity index (χ4v) is 4.19. The number of nitrogens with one attached hydrogen (secondary N) is 3. The lowest BCUT2D eigenvalue weighted by Crippen LogP contribution is -2.50. The van der Waals surface area contributed by atoms with E-state index in [1.54, 1.807) is 30.2 Å². The Labute approximate surface area is 215 Å². The zero-order valence-electron chi connectivity index (χ0n) is 20.2. The van der Waals surface area contributed by atoms with Crippen LogP contribution >= 0.6 is 11.6 Å². The van der Waals surface area contributed by atoms with Crippen LogP contribution < -0.4 is 31.3 Å². The number of halogens is 1. The molecule has 0 aromatic heterocycles. The molecule has 188 valence electrons. The minimum atomic E-state index is -0.354. The van der Waals surface area contributed by atoms with E-state index in [4.69, 9.17) is 22.1 Å². The molecule has 1 fully saturated rings. The van der Waals surface area contributed by atoms with E-state index in [9.17, 15) is 9.59 Å². The third-order valence-electron chi connectivity index (χ3n) is 5.90. The third kappa shape index (κ3) is 6.11. The molecule has 4 rings (SSSR count). The SMILES string of the molecule is COc1ccc(C)cc1NC(=O)Nc1ccc(N2CCN(C(=O)Nc3ccc(N)cc3Cl)CC2)cc1. The molecule has 0 bridgehead atoms. The van der Waals surface area contributed by atoms with Crippen molar-refractivity contribution in [2.75, 3.05) is 59.9 Å². The summed E-state index contributed by atoms with van der Waals surface area (Å²) in [5.41, 5.74) is 10.1. The normalized spacial score (nSPS) is 13.2. The molecular formula is C26H29ClN6O3. The van der Waals surface area contributed by atoms with Crippen LogP contribution in [-0.2, 0) is 0 Å². The van der Waals surface area contributed by atoms with Crippen molar-refractivity contribution < 1.29 is 14.3 Å². The van der Waals surface area contributed by atoms with Gasteiger partial charge in [0.1, 0.15) is 5.75 Å². The summed E-state index contributed by atoms with van der Waals surface area (Å²) in [5.74, 6) is 0.593. The first kappa shape index (κ1) is 25.0. The van der Waals surface area contributed by atoms with Crippen LogP contribution in [0.5, 0.6) is 5.75 Å². The van der Waals surface area contributed by atoms with Gasteiger partial charge in [-0.3, -0.25) is 0 Å². The molecule has 5 N–H and O–H groups in total. The van der Waals surface area contributed by atoms with Crippen LogP contribution in [0.3, 0.4) is 0 Å². The Morgan fingerprint density at radius 1 is 0.889 bits per heavy atom. The number of piperazine rings is 1. The summed E-state index contributed by atoms with van der Waals surface area (Å²) in [5, 5.41) is 8.91. The molecule has 1 aliphatic rings. The van der Waals surface area contributed by atoms with Gasteiger partial charge in [-0.05, 0) is 67.1 Å². The average Bonchev–Trinajstić information content (AvgIpc) is 2.86. The number of nitrogens with two attached hydrogens (primary N) is 1. The van der Waals surface area contributed by atoms with Crippen molar-refractivity contribution in [3.63, 3.8) is 0 Å². The van der Waals surface area contributed by atoms with E-state index in [0.717, 1.165) is 11.3 Å². The maximum atomic E-state index is 12.6. The van der Waals surface area contributed by atoms with Crippen LogP contribution in [0.25, 0.3) is 0 Å². The first-order valence-electron chi connectivity index (χ1n) is 11.5. The molecule has 1 heterocycles. The summed E-state index contributed by atoms with van der Waals surface area (Å²) in [4.78, 5) is 29.1. The number of anilines is 5. The molecule has 0 atom stereocenters. The zero-order valence-corrected chi connectivity index (χ0v) is 20.9. The van der Waals surface area contributed by atoms with Gasteiger partial charge in [0.2, 0.25) is 0 Å². The Kier molecular flexibility index (Phi) is 7.70. The van der Waals surface area contributed by atoms with Crippen LogP contribution in [0.4, 0.5) is 38.0 Å². The van der Waals surface area contributed by atoms with Crippen LogP contribution in [0.2, 0.25) is 5.02 Å². The van der Waals surface area contributed by atoms with Crippen LogP contribution in [0, 0.1) is 6.92 Å². The van der Waals surface area contributed by atoms with Gasteiger partial charge in [-0.15, -0.1) is 0 Å². The number of carbonyl (C=O) groups excluding carboxylic acids is 2. The molecule has 0 spiro atoms. The molecule has 3 aromatic rings. The number of methoxy groups -OCH3 is 1. The van der Waals surface area contributed by atoms with Crippen molar-refractivity contribution in [2.24, 2.45) is 0 Å². The predicted octanol–water partition coefficient (Wildman–Crippen LogP) is 5.24. The summed E-state index contributed by atoms with van der Waals surface area (Å²) in [6.45, 7) is 4.45. The third-order valence-corrected chi connectivity index (χ3v) is 6.21. The van der Waals surface area contributed by atoms with E-state index in [2.05, 4.69) is 20.9 Å². The van der Waals surface area contributed by atoms with Crippen molar-refractivity contribution in [2.45, 2.75) is 6.92 Å². The number of hydrogen-bond donors (Lipinski definition) is 4. The molecule has 4 amide bonds. The highest BCUT2D eigenvalue weighted by Gasteiger charge is 2.22. The lowest BCUT2D eigenvalue weighted by Gasteiger charge is -2.36.